The molecule has 0 saturated carbocycles. The summed E-state index contributed by atoms with van der Waals surface area (Å²) >= 11 is 0. The van der Waals surface area contributed by atoms with Crippen molar-refractivity contribution in [2.75, 3.05) is 7.11 Å². The molecule has 146 valence electrons. The van der Waals surface area contributed by atoms with Crippen molar-refractivity contribution in [3.05, 3.63) is 65.6 Å². The van der Waals surface area contributed by atoms with E-state index < -0.39 is 11.7 Å². The highest BCUT2D eigenvalue weighted by Crippen LogP contribution is 2.30. The highest BCUT2D eigenvalue weighted by molar-refractivity contribution is 5.94. The van der Waals surface area contributed by atoms with Gasteiger partial charge in [0.15, 0.2) is 0 Å². The fraction of sp³-hybridized carbons (Fsp3) is 0.286. The molecule has 1 saturated heterocycles. The Morgan fingerprint density at radius 3 is 2.82 bits per heavy atom. The van der Waals surface area contributed by atoms with Crippen LogP contribution in [-0.2, 0) is 6.54 Å². The molecule has 0 radical (unpaired) electrons. The van der Waals surface area contributed by atoms with Crippen molar-refractivity contribution in [2.24, 2.45) is 0 Å². The molecule has 2 heterocycles. The first-order chi connectivity index (χ1) is 13.6. The molecule has 3 N–H and O–H groups in total. The van der Waals surface area contributed by atoms with E-state index >= 15 is 0 Å². The number of methoxy groups -OCH3 is 1. The Morgan fingerprint density at radius 2 is 2.07 bits per heavy atom. The van der Waals surface area contributed by atoms with Crippen molar-refractivity contribution in [1.82, 2.24) is 20.7 Å². The number of hydrazine groups is 1. The number of carbonyl (C=O) groups excluding carboxylic acids is 1. The van der Waals surface area contributed by atoms with Gasteiger partial charge in [0.25, 0.3) is 5.91 Å². The molecule has 0 aliphatic carbocycles. The molecule has 1 aliphatic heterocycles. The van der Waals surface area contributed by atoms with Gasteiger partial charge in [0.05, 0.1) is 24.9 Å². The molecule has 6 nitrogen and oxygen atoms in total. The SMILES string of the molecule is CCn1c(C2CC(NC(=O)c3ccccc3F)NN2)cc2cc(OC)ccc21. The number of benzene rings is 2. The van der Waals surface area contributed by atoms with Crippen LogP contribution in [0.4, 0.5) is 4.39 Å². The van der Waals surface area contributed by atoms with E-state index in [2.05, 4.69) is 39.8 Å². The number of carbonyl (C=O) groups is 1. The van der Waals surface area contributed by atoms with Gasteiger partial charge in [-0.1, -0.05) is 12.1 Å². The normalized spacial score (nSPS) is 19.1. The van der Waals surface area contributed by atoms with E-state index in [0.717, 1.165) is 28.9 Å². The van der Waals surface area contributed by atoms with E-state index in [-0.39, 0.29) is 17.8 Å². The van der Waals surface area contributed by atoms with E-state index in [4.69, 9.17) is 4.74 Å². The third-order valence-corrected chi connectivity index (χ3v) is 5.14. The van der Waals surface area contributed by atoms with Crippen molar-refractivity contribution in [2.45, 2.75) is 32.1 Å². The lowest BCUT2D eigenvalue weighted by Gasteiger charge is -2.14. The molecule has 1 aromatic heterocycles. The Balaban J connectivity index is 1.52. The predicted molar refractivity (Wildman–Crippen MR) is 105 cm³/mol. The number of rotatable bonds is 5. The number of ether oxygens (including phenoxy) is 1. The summed E-state index contributed by atoms with van der Waals surface area (Å²) in [6.45, 7) is 2.93. The minimum atomic E-state index is -0.525. The number of nitrogens with zero attached hydrogens (tertiary/aromatic N) is 1. The van der Waals surface area contributed by atoms with Crippen LogP contribution in [0, 0.1) is 5.82 Å². The second-order valence-corrected chi connectivity index (χ2v) is 6.82. The summed E-state index contributed by atoms with van der Waals surface area (Å²) in [5.41, 5.74) is 8.66. The smallest absolute Gasteiger partial charge is 0.255 e. The average Bonchev–Trinajstić information content (AvgIpc) is 3.31. The minimum Gasteiger partial charge on any atom is -0.497 e. The Labute approximate surface area is 162 Å². The van der Waals surface area contributed by atoms with Crippen LogP contribution in [0.15, 0.2) is 48.5 Å². The van der Waals surface area contributed by atoms with Gasteiger partial charge in [0.1, 0.15) is 11.6 Å². The summed E-state index contributed by atoms with van der Waals surface area (Å²) < 4.78 is 21.4. The molecular formula is C21H23FN4O2. The standard InChI is InChI=1S/C21H23FN4O2/c1-3-26-18-9-8-14(28-2)10-13(18)11-19(26)17-12-20(25-24-17)23-21(27)15-6-4-5-7-16(15)22/h4-11,17,20,24-25H,3,12H2,1-2H3,(H,23,27). The van der Waals surface area contributed by atoms with Gasteiger partial charge in [-0.25, -0.2) is 15.2 Å². The van der Waals surface area contributed by atoms with E-state index in [1.54, 1.807) is 19.2 Å². The third kappa shape index (κ3) is 3.34. The summed E-state index contributed by atoms with van der Waals surface area (Å²) in [6.07, 6.45) is 0.350. The molecule has 0 spiro atoms. The van der Waals surface area contributed by atoms with Crippen molar-refractivity contribution >= 4 is 16.8 Å². The Morgan fingerprint density at radius 1 is 1.25 bits per heavy atom. The molecule has 2 aromatic carbocycles. The Hall–Kier alpha value is -2.90. The van der Waals surface area contributed by atoms with E-state index in [9.17, 15) is 9.18 Å². The molecule has 1 aliphatic rings. The van der Waals surface area contributed by atoms with Crippen LogP contribution in [0.3, 0.4) is 0 Å². The van der Waals surface area contributed by atoms with Gasteiger partial charge in [-0.2, -0.15) is 0 Å². The van der Waals surface area contributed by atoms with Crippen molar-refractivity contribution < 1.29 is 13.9 Å². The fourth-order valence-electron chi connectivity index (χ4n) is 3.76. The second-order valence-electron chi connectivity index (χ2n) is 6.82. The van der Waals surface area contributed by atoms with Gasteiger partial charge in [-0.3, -0.25) is 4.79 Å². The van der Waals surface area contributed by atoms with Crippen molar-refractivity contribution in [3.63, 3.8) is 0 Å². The monoisotopic (exact) mass is 382 g/mol. The lowest BCUT2D eigenvalue weighted by Crippen LogP contribution is -2.44. The van der Waals surface area contributed by atoms with Crippen LogP contribution in [-0.4, -0.2) is 23.7 Å². The number of fused-ring (bicyclic) bond motifs is 1. The fourth-order valence-corrected chi connectivity index (χ4v) is 3.76. The van der Waals surface area contributed by atoms with Crippen LogP contribution in [0.1, 0.15) is 35.4 Å². The van der Waals surface area contributed by atoms with Crippen LogP contribution >= 0.6 is 0 Å². The van der Waals surface area contributed by atoms with Gasteiger partial charge >= 0.3 is 0 Å². The maximum Gasteiger partial charge on any atom is 0.255 e. The summed E-state index contributed by atoms with van der Waals surface area (Å²) in [5, 5.41) is 3.95. The van der Waals surface area contributed by atoms with Gasteiger partial charge < -0.3 is 14.6 Å². The molecule has 7 heteroatoms. The number of amides is 1. The molecule has 0 bridgehead atoms. The molecule has 2 atom stereocenters. The number of hydrogen-bond acceptors (Lipinski definition) is 4. The molecular weight excluding hydrogens is 359 g/mol. The second kappa shape index (κ2) is 7.61. The van der Waals surface area contributed by atoms with Gasteiger partial charge in [-0.05, 0) is 43.3 Å². The molecule has 3 aromatic rings. The summed E-state index contributed by atoms with van der Waals surface area (Å²) in [5.74, 6) is -0.138. The molecule has 1 fully saturated rings. The summed E-state index contributed by atoms with van der Waals surface area (Å²) in [7, 11) is 1.66. The highest BCUT2D eigenvalue weighted by atomic mass is 19.1. The summed E-state index contributed by atoms with van der Waals surface area (Å²) in [4.78, 5) is 12.4. The molecule has 4 rings (SSSR count). The van der Waals surface area contributed by atoms with Crippen LogP contribution in [0.5, 0.6) is 5.75 Å². The number of aryl methyl sites for hydroxylation is 1. The van der Waals surface area contributed by atoms with Crippen LogP contribution in [0.2, 0.25) is 0 Å². The van der Waals surface area contributed by atoms with E-state index in [0.29, 0.717) is 6.42 Å². The van der Waals surface area contributed by atoms with Crippen molar-refractivity contribution in [1.29, 1.82) is 0 Å². The summed E-state index contributed by atoms with van der Waals surface area (Å²) in [6, 6.07) is 14.2. The van der Waals surface area contributed by atoms with E-state index in [1.807, 2.05) is 12.1 Å². The zero-order chi connectivity index (χ0) is 19.7. The molecule has 2 unspecified atom stereocenters. The van der Waals surface area contributed by atoms with E-state index in [1.165, 1.54) is 12.1 Å². The van der Waals surface area contributed by atoms with Crippen LogP contribution in [0.25, 0.3) is 10.9 Å². The largest absolute Gasteiger partial charge is 0.497 e. The number of halogens is 1. The predicted octanol–water partition coefficient (Wildman–Crippen LogP) is 3.10. The molecule has 28 heavy (non-hydrogen) atoms. The minimum absolute atomic E-state index is 0.0178. The first-order valence-corrected chi connectivity index (χ1v) is 9.34. The number of hydrogen-bond donors (Lipinski definition) is 3. The van der Waals surface area contributed by atoms with Gasteiger partial charge in [0, 0.05) is 29.6 Å². The van der Waals surface area contributed by atoms with Crippen molar-refractivity contribution in [3.8, 4) is 5.75 Å². The topological polar surface area (TPSA) is 67.3 Å². The Kier molecular flexibility index (Phi) is 5.02. The highest BCUT2D eigenvalue weighted by Gasteiger charge is 2.29. The van der Waals surface area contributed by atoms with Gasteiger partial charge in [0.2, 0.25) is 0 Å². The Bertz CT molecular complexity index is 1020. The maximum absolute atomic E-state index is 13.8. The van der Waals surface area contributed by atoms with Crippen LogP contribution < -0.4 is 20.9 Å². The number of nitrogens with one attached hydrogen (secondary N) is 3. The lowest BCUT2D eigenvalue weighted by molar-refractivity contribution is 0.0928. The number of aromatic nitrogens is 1. The zero-order valence-corrected chi connectivity index (χ0v) is 15.8. The quantitative estimate of drug-likeness (QED) is 0.634. The first-order valence-electron chi connectivity index (χ1n) is 9.34. The average molecular weight is 382 g/mol. The van der Waals surface area contributed by atoms with Gasteiger partial charge in [-0.15, -0.1) is 0 Å². The lowest BCUT2D eigenvalue weighted by atomic mass is 10.1. The maximum atomic E-state index is 13.8. The third-order valence-electron chi connectivity index (χ3n) is 5.14. The first kappa shape index (κ1) is 18.5. The molecule has 1 amide bonds. The zero-order valence-electron chi connectivity index (χ0n) is 15.8.